The quantitative estimate of drug-likeness (QED) is 0.397. The number of likely N-dealkylation sites (tertiary alicyclic amines) is 1. The fourth-order valence-electron chi connectivity index (χ4n) is 6.01. The van der Waals surface area contributed by atoms with Crippen molar-refractivity contribution in [1.29, 1.82) is 0 Å². The first-order chi connectivity index (χ1) is 17.7. The first kappa shape index (κ1) is 23.0. The molecule has 4 N–H and O–H groups in total. The molecule has 4 aromatic rings. The number of para-hydroxylation sites is 1. The van der Waals surface area contributed by atoms with Gasteiger partial charge in [0.25, 0.3) is 0 Å². The third-order valence-electron chi connectivity index (χ3n) is 7.85. The molecule has 0 unspecified atom stereocenters. The van der Waals surface area contributed by atoms with Gasteiger partial charge in [0.15, 0.2) is 0 Å². The van der Waals surface area contributed by atoms with Crippen LogP contribution in [0.15, 0.2) is 67.1 Å². The van der Waals surface area contributed by atoms with Crippen LogP contribution in [0.4, 0.5) is 5.82 Å². The van der Waals surface area contributed by atoms with Crippen molar-refractivity contribution in [2.75, 3.05) is 18.8 Å². The molecule has 2 aliphatic rings. The number of fused-ring (bicyclic) bond motifs is 1. The second-order valence-corrected chi connectivity index (χ2v) is 10.2. The number of anilines is 1. The summed E-state index contributed by atoms with van der Waals surface area (Å²) in [5, 5.41) is 0.929. The van der Waals surface area contributed by atoms with Crippen LogP contribution in [0.5, 0.6) is 11.5 Å². The van der Waals surface area contributed by atoms with Crippen LogP contribution in [-0.2, 0) is 0 Å². The number of nitrogens with zero attached hydrogens (tertiary/aromatic N) is 4. The van der Waals surface area contributed by atoms with E-state index in [9.17, 15) is 0 Å². The highest BCUT2D eigenvalue weighted by Gasteiger charge is 2.30. The minimum absolute atomic E-state index is 0.330. The van der Waals surface area contributed by atoms with E-state index >= 15 is 0 Å². The Morgan fingerprint density at radius 1 is 0.833 bits per heavy atom. The van der Waals surface area contributed by atoms with Crippen molar-refractivity contribution in [2.45, 2.75) is 56.7 Å². The lowest BCUT2D eigenvalue weighted by Crippen LogP contribution is -2.48. The predicted octanol–water partition coefficient (Wildman–Crippen LogP) is 5.38. The van der Waals surface area contributed by atoms with Crippen molar-refractivity contribution in [2.24, 2.45) is 5.73 Å². The van der Waals surface area contributed by atoms with Gasteiger partial charge in [-0.1, -0.05) is 30.3 Å². The topological polar surface area (TPSA) is 95.2 Å². The molecule has 2 aromatic carbocycles. The zero-order chi connectivity index (χ0) is 24.5. The molecule has 0 radical (unpaired) electrons. The van der Waals surface area contributed by atoms with Crippen molar-refractivity contribution < 1.29 is 4.74 Å². The first-order valence-electron chi connectivity index (χ1n) is 13.1. The number of nitrogens with two attached hydrogens (primary N) is 2. The summed E-state index contributed by atoms with van der Waals surface area (Å²) in [5.74, 6) is 2.14. The smallest absolute Gasteiger partial charge is 0.146 e. The lowest BCUT2D eigenvalue weighted by Gasteiger charge is -2.41. The molecule has 0 bridgehead atoms. The minimum atomic E-state index is 0.330. The second-order valence-electron chi connectivity index (χ2n) is 10.2. The van der Waals surface area contributed by atoms with Crippen LogP contribution in [0.1, 0.15) is 44.6 Å². The zero-order valence-corrected chi connectivity index (χ0v) is 20.6. The van der Waals surface area contributed by atoms with Gasteiger partial charge in [0.2, 0.25) is 0 Å². The molecule has 7 nitrogen and oxygen atoms in total. The molecule has 36 heavy (non-hydrogen) atoms. The van der Waals surface area contributed by atoms with E-state index < -0.39 is 0 Å². The van der Waals surface area contributed by atoms with Gasteiger partial charge >= 0.3 is 0 Å². The molecule has 6 rings (SSSR count). The Labute approximate surface area is 212 Å². The number of nitrogen functional groups attached to an aromatic ring is 1. The average Bonchev–Trinajstić information content (AvgIpc) is 3.31. The van der Waals surface area contributed by atoms with E-state index in [0.717, 1.165) is 59.5 Å². The van der Waals surface area contributed by atoms with Gasteiger partial charge in [-0.2, -0.15) is 0 Å². The van der Waals surface area contributed by atoms with Gasteiger partial charge in [-0.3, -0.25) is 4.90 Å². The van der Waals surface area contributed by atoms with Crippen LogP contribution in [0.25, 0.3) is 22.2 Å². The summed E-state index contributed by atoms with van der Waals surface area (Å²) in [6.07, 6.45) is 10.8. The summed E-state index contributed by atoms with van der Waals surface area (Å²) in [6.45, 7) is 2.23. The highest BCUT2D eigenvalue weighted by molar-refractivity contribution is 6.00. The average molecular weight is 483 g/mol. The van der Waals surface area contributed by atoms with E-state index in [2.05, 4.69) is 37.8 Å². The highest BCUT2D eigenvalue weighted by atomic mass is 16.5. The minimum Gasteiger partial charge on any atom is -0.457 e. The van der Waals surface area contributed by atoms with Crippen molar-refractivity contribution in [3.63, 3.8) is 0 Å². The Balaban J connectivity index is 1.25. The molecule has 0 amide bonds. The maximum atomic E-state index is 6.39. The van der Waals surface area contributed by atoms with Gasteiger partial charge in [0.05, 0.1) is 5.39 Å². The normalized spacial score (nSPS) is 23.1. The SMILES string of the molecule is Nc1ncnc2c1c(-c1ccc(Oc3ccccc3)cc1)cn2[C@H]1CC[C@H](N2CCC[C@@H](N)C2)CC1. The van der Waals surface area contributed by atoms with Gasteiger partial charge in [0.1, 0.15) is 29.3 Å². The van der Waals surface area contributed by atoms with Gasteiger partial charge in [0, 0.05) is 36.4 Å². The number of hydrogen-bond acceptors (Lipinski definition) is 6. The second kappa shape index (κ2) is 9.91. The Morgan fingerprint density at radius 3 is 2.31 bits per heavy atom. The standard InChI is InChI=1S/C29H34N6O/c30-21-5-4-16-34(17-21)22-10-12-23(13-11-22)35-18-26(27-28(31)32-19-33-29(27)35)20-8-14-25(15-9-20)36-24-6-2-1-3-7-24/h1-3,6-9,14-15,18-19,21-23H,4-5,10-13,16-17,30H2,(H2,31,32,33)/t21-,22-,23-/m1/s1. The molecular weight excluding hydrogens is 448 g/mol. The summed E-state index contributed by atoms with van der Waals surface area (Å²) >= 11 is 0. The molecule has 1 atom stereocenters. The largest absolute Gasteiger partial charge is 0.457 e. The summed E-state index contributed by atoms with van der Waals surface area (Å²) in [7, 11) is 0. The predicted molar refractivity (Wildman–Crippen MR) is 144 cm³/mol. The maximum Gasteiger partial charge on any atom is 0.146 e. The Morgan fingerprint density at radius 2 is 1.56 bits per heavy atom. The van der Waals surface area contributed by atoms with Crippen LogP contribution in [0.3, 0.4) is 0 Å². The molecule has 3 heterocycles. The summed E-state index contributed by atoms with van der Waals surface area (Å²) < 4.78 is 8.32. The molecule has 2 fully saturated rings. The third-order valence-corrected chi connectivity index (χ3v) is 7.85. The Kier molecular flexibility index (Phi) is 6.34. The van der Waals surface area contributed by atoms with Crippen molar-refractivity contribution in [3.8, 4) is 22.6 Å². The van der Waals surface area contributed by atoms with Crippen molar-refractivity contribution in [1.82, 2.24) is 19.4 Å². The lowest BCUT2D eigenvalue weighted by atomic mass is 9.88. The van der Waals surface area contributed by atoms with Crippen LogP contribution < -0.4 is 16.2 Å². The Hall–Kier alpha value is -3.42. The van der Waals surface area contributed by atoms with Gasteiger partial charge in [-0.25, -0.2) is 9.97 Å². The van der Waals surface area contributed by atoms with E-state index in [-0.39, 0.29) is 0 Å². The zero-order valence-electron chi connectivity index (χ0n) is 20.6. The summed E-state index contributed by atoms with van der Waals surface area (Å²) in [6, 6.07) is 19.4. The van der Waals surface area contributed by atoms with Crippen LogP contribution >= 0.6 is 0 Å². The number of ether oxygens (including phenoxy) is 1. The van der Waals surface area contributed by atoms with Gasteiger partial charge in [-0.05, 0) is 74.9 Å². The molecule has 1 saturated heterocycles. The summed E-state index contributed by atoms with van der Waals surface area (Å²) in [5.41, 5.74) is 15.7. The van der Waals surface area contributed by atoms with Crippen molar-refractivity contribution in [3.05, 3.63) is 67.1 Å². The summed E-state index contributed by atoms with van der Waals surface area (Å²) in [4.78, 5) is 11.6. The van der Waals surface area contributed by atoms with Gasteiger partial charge in [-0.15, -0.1) is 0 Å². The van der Waals surface area contributed by atoms with Crippen LogP contribution in [-0.4, -0.2) is 44.6 Å². The fraction of sp³-hybridized carbons (Fsp3) is 0.379. The van der Waals surface area contributed by atoms with Crippen LogP contribution in [0.2, 0.25) is 0 Å². The number of piperidine rings is 1. The monoisotopic (exact) mass is 482 g/mol. The fourth-order valence-corrected chi connectivity index (χ4v) is 6.01. The Bertz CT molecular complexity index is 1310. The lowest BCUT2D eigenvalue weighted by molar-refractivity contribution is 0.107. The van der Waals surface area contributed by atoms with Crippen molar-refractivity contribution >= 4 is 16.9 Å². The van der Waals surface area contributed by atoms with E-state index in [1.807, 2.05) is 42.5 Å². The molecule has 7 heteroatoms. The number of benzene rings is 2. The molecule has 1 saturated carbocycles. The van der Waals surface area contributed by atoms with Crippen LogP contribution in [0, 0.1) is 0 Å². The first-order valence-corrected chi connectivity index (χ1v) is 13.1. The maximum absolute atomic E-state index is 6.39. The molecule has 0 spiro atoms. The molecule has 2 aromatic heterocycles. The number of hydrogen-bond donors (Lipinski definition) is 2. The highest BCUT2D eigenvalue weighted by Crippen LogP contribution is 2.39. The van der Waals surface area contributed by atoms with Gasteiger partial charge < -0.3 is 20.8 Å². The van der Waals surface area contributed by atoms with E-state index in [1.165, 1.54) is 25.8 Å². The molecule has 1 aliphatic heterocycles. The van der Waals surface area contributed by atoms with E-state index in [0.29, 0.717) is 23.9 Å². The molecule has 186 valence electrons. The van der Waals surface area contributed by atoms with E-state index in [1.54, 1.807) is 6.33 Å². The third kappa shape index (κ3) is 4.56. The number of aromatic nitrogens is 3. The number of rotatable bonds is 5. The van der Waals surface area contributed by atoms with E-state index in [4.69, 9.17) is 16.2 Å². The molecular formula is C29H34N6O. The molecule has 1 aliphatic carbocycles.